The normalized spacial score (nSPS) is 14.6. The van der Waals surface area contributed by atoms with Gasteiger partial charge >= 0.3 is 0 Å². The fourth-order valence-corrected chi connectivity index (χ4v) is 6.18. The first-order chi connectivity index (χ1) is 18.9. The van der Waals surface area contributed by atoms with Gasteiger partial charge in [0.1, 0.15) is 11.4 Å². The molecule has 0 radical (unpaired) electrons. The van der Waals surface area contributed by atoms with Gasteiger partial charge in [-0.2, -0.15) is 0 Å². The number of rotatable bonds is 16. The number of pyridine rings is 1. The minimum Gasteiger partial charge on any atom is -0.380 e. The van der Waals surface area contributed by atoms with Crippen LogP contribution in [-0.2, 0) is 21.4 Å². The highest BCUT2D eigenvalue weighted by Gasteiger charge is 2.25. The lowest BCUT2D eigenvalue weighted by Gasteiger charge is -2.26. The van der Waals surface area contributed by atoms with E-state index in [1.165, 1.54) is 23.7 Å². The molecule has 0 unspecified atom stereocenters. The summed E-state index contributed by atoms with van der Waals surface area (Å²) in [4.78, 5) is 33.8. The van der Waals surface area contributed by atoms with E-state index in [1.807, 2.05) is 30.3 Å². The zero-order chi connectivity index (χ0) is 27.5. The molecule has 0 amide bonds. The number of benzene rings is 1. The molecular formula is C29H38N4O5S. The topological polar surface area (TPSA) is 118 Å². The van der Waals surface area contributed by atoms with Crippen molar-refractivity contribution in [1.82, 2.24) is 9.45 Å². The van der Waals surface area contributed by atoms with Crippen molar-refractivity contribution in [2.45, 2.75) is 64.3 Å². The molecule has 0 atom stereocenters. The predicted octanol–water partition coefficient (Wildman–Crippen LogP) is 4.74. The fourth-order valence-electron chi connectivity index (χ4n) is 4.84. The maximum absolute atomic E-state index is 13.2. The summed E-state index contributed by atoms with van der Waals surface area (Å²) in [6, 6.07) is 13.0. The standard InChI is InChI=1S/C29H38N4O5S/c34-28-26(27(29(28)35)32-25-15-18-30-19-16-25)31-17-9-1-2-10-20-39(36,37)33(21-23-11-5-3-6-12-23)38-22-24-13-7-4-8-14-24/h3,5-6,11-12,15-16,18-19,24,31H,1-2,4,7-10,13-14,17,20-22H2,(H,30,32). The van der Waals surface area contributed by atoms with Gasteiger partial charge < -0.3 is 10.6 Å². The molecule has 1 heterocycles. The Labute approximate surface area is 230 Å². The number of anilines is 3. The third-order valence-electron chi connectivity index (χ3n) is 7.13. The third-order valence-corrected chi connectivity index (χ3v) is 8.79. The van der Waals surface area contributed by atoms with Gasteiger partial charge in [-0.25, -0.2) is 8.42 Å². The second-order valence-electron chi connectivity index (χ2n) is 10.2. The number of hydrogen-bond donors (Lipinski definition) is 2. The van der Waals surface area contributed by atoms with Crippen LogP contribution >= 0.6 is 0 Å². The quantitative estimate of drug-likeness (QED) is 0.148. The summed E-state index contributed by atoms with van der Waals surface area (Å²) in [5.74, 6) is 0.434. The van der Waals surface area contributed by atoms with Crippen LogP contribution in [0.4, 0.5) is 17.1 Å². The van der Waals surface area contributed by atoms with E-state index >= 15 is 0 Å². The van der Waals surface area contributed by atoms with Gasteiger partial charge in [-0.3, -0.25) is 19.4 Å². The van der Waals surface area contributed by atoms with E-state index in [-0.39, 0.29) is 18.0 Å². The van der Waals surface area contributed by atoms with Crippen LogP contribution in [0, 0.1) is 5.92 Å². The molecule has 0 saturated heterocycles. The van der Waals surface area contributed by atoms with E-state index in [2.05, 4.69) is 15.6 Å². The second-order valence-corrected chi connectivity index (χ2v) is 12.2. The Morgan fingerprint density at radius 2 is 1.56 bits per heavy atom. The average molecular weight is 555 g/mol. The molecule has 1 aliphatic rings. The van der Waals surface area contributed by atoms with E-state index in [0.717, 1.165) is 37.7 Å². The zero-order valence-electron chi connectivity index (χ0n) is 22.3. The molecule has 3 aromatic rings. The lowest BCUT2D eigenvalue weighted by Crippen LogP contribution is -2.36. The van der Waals surface area contributed by atoms with Crippen LogP contribution in [0.3, 0.4) is 0 Å². The van der Waals surface area contributed by atoms with Crippen LogP contribution in [0.25, 0.3) is 0 Å². The van der Waals surface area contributed by atoms with Gasteiger partial charge in [0.05, 0.1) is 18.9 Å². The number of sulfonamides is 1. The molecule has 0 bridgehead atoms. The van der Waals surface area contributed by atoms with Gasteiger partial charge in [0.2, 0.25) is 10.0 Å². The van der Waals surface area contributed by atoms with Crippen LogP contribution in [0.2, 0.25) is 0 Å². The molecule has 4 rings (SSSR count). The first kappa shape index (κ1) is 28.9. The molecule has 39 heavy (non-hydrogen) atoms. The summed E-state index contributed by atoms with van der Waals surface area (Å²) in [5.41, 5.74) is 1.09. The van der Waals surface area contributed by atoms with Gasteiger partial charge in [0.25, 0.3) is 10.9 Å². The smallest absolute Gasteiger partial charge is 0.253 e. The van der Waals surface area contributed by atoms with E-state index in [9.17, 15) is 18.0 Å². The Bertz CT molecular complexity index is 1340. The maximum Gasteiger partial charge on any atom is 0.253 e. The van der Waals surface area contributed by atoms with Crippen molar-refractivity contribution < 1.29 is 13.3 Å². The molecule has 0 spiro atoms. The van der Waals surface area contributed by atoms with Crippen molar-refractivity contribution in [2.75, 3.05) is 29.5 Å². The van der Waals surface area contributed by atoms with Crippen molar-refractivity contribution in [3.8, 4) is 0 Å². The number of hydroxylamine groups is 1. The lowest BCUT2D eigenvalue weighted by atomic mass is 9.90. The van der Waals surface area contributed by atoms with Crippen LogP contribution in [0.1, 0.15) is 63.4 Å². The van der Waals surface area contributed by atoms with E-state index in [4.69, 9.17) is 4.84 Å². The minimum absolute atomic E-state index is 0.0239. The monoisotopic (exact) mass is 554 g/mol. The molecule has 10 heteroatoms. The zero-order valence-corrected chi connectivity index (χ0v) is 23.1. The summed E-state index contributed by atoms with van der Waals surface area (Å²) in [7, 11) is -3.58. The Morgan fingerprint density at radius 1 is 0.872 bits per heavy atom. The summed E-state index contributed by atoms with van der Waals surface area (Å²) < 4.78 is 27.6. The van der Waals surface area contributed by atoms with Crippen molar-refractivity contribution in [3.05, 3.63) is 80.9 Å². The van der Waals surface area contributed by atoms with Gasteiger partial charge in [0.15, 0.2) is 0 Å². The first-order valence-corrected chi connectivity index (χ1v) is 15.5. The molecule has 1 saturated carbocycles. The molecule has 2 N–H and O–H groups in total. The van der Waals surface area contributed by atoms with Crippen molar-refractivity contribution in [1.29, 1.82) is 0 Å². The Morgan fingerprint density at radius 3 is 2.31 bits per heavy atom. The lowest BCUT2D eigenvalue weighted by molar-refractivity contribution is -0.108. The summed E-state index contributed by atoms with van der Waals surface area (Å²) in [6.07, 6.45) is 11.8. The fraction of sp³-hybridized carbons (Fsp3) is 0.483. The highest BCUT2D eigenvalue weighted by molar-refractivity contribution is 7.88. The van der Waals surface area contributed by atoms with Gasteiger partial charge in [-0.05, 0) is 49.3 Å². The number of hydrogen-bond acceptors (Lipinski definition) is 8. The molecule has 1 fully saturated rings. The Hall–Kier alpha value is -3.08. The molecule has 2 aromatic carbocycles. The van der Waals surface area contributed by atoms with Crippen LogP contribution < -0.4 is 21.5 Å². The summed E-state index contributed by atoms with van der Waals surface area (Å²) in [5, 5.41) is 6.02. The molecular weight excluding hydrogens is 516 g/mol. The van der Waals surface area contributed by atoms with Gasteiger partial charge in [-0.1, -0.05) is 66.9 Å². The minimum atomic E-state index is -3.58. The molecule has 0 aliphatic heterocycles. The Kier molecular flexibility index (Phi) is 10.6. The van der Waals surface area contributed by atoms with Gasteiger partial charge in [-0.15, -0.1) is 0 Å². The van der Waals surface area contributed by atoms with Gasteiger partial charge in [0, 0.05) is 24.6 Å². The summed E-state index contributed by atoms with van der Waals surface area (Å²) in [6.45, 7) is 1.16. The molecule has 210 valence electrons. The van der Waals surface area contributed by atoms with Crippen molar-refractivity contribution >= 4 is 27.1 Å². The number of nitrogens with one attached hydrogen (secondary N) is 2. The Balaban J connectivity index is 1.20. The predicted molar refractivity (Wildman–Crippen MR) is 154 cm³/mol. The van der Waals surface area contributed by atoms with E-state index in [1.54, 1.807) is 24.5 Å². The second kappa shape index (κ2) is 14.3. The number of aromatic nitrogens is 1. The van der Waals surface area contributed by atoms with E-state index < -0.39 is 20.9 Å². The van der Waals surface area contributed by atoms with Crippen LogP contribution in [-0.4, -0.2) is 36.8 Å². The van der Waals surface area contributed by atoms with Crippen LogP contribution in [0.15, 0.2) is 64.4 Å². The SMILES string of the molecule is O=c1c(NCCCCCCS(=O)(=O)N(Cc2ccccc2)OCC2CCCCC2)c(Nc2ccncc2)c1=O. The maximum atomic E-state index is 13.2. The molecule has 1 aliphatic carbocycles. The number of unbranched alkanes of at least 4 members (excludes halogenated alkanes) is 3. The largest absolute Gasteiger partial charge is 0.380 e. The van der Waals surface area contributed by atoms with Crippen molar-refractivity contribution in [3.63, 3.8) is 0 Å². The molecule has 1 aromatic heterocycles. The number of nitrogens with zero attached hydrogens (tertiary/aromatic N) is 2. The van der Waals surface area contributed by atoms with Crippen LogP contribution in [0.5, 0.6) is 0 Å². The third kappa shape index (κ3) is 8.45. The molecule has 9 nitrogen and oxygen atoms in total. The van der Waals surface area contributed by atoms with E-state index in [0.29, 0.717) is 36.9 Å². The summed E-state index contributed by atoms with van der Waals surface area (Å²) >= 11 is 0. The van der Waals surface area contributed by atoms with Crippen molar-refractivity contribution in [2.24, 2.45) is 5.92 Å². The average Bonchev–Trinajstić information content (AvgIpc) is 2.97. The highest BCUT2D eigenvalue weighted by atomic mass is 32.2. The first-order valence-electron chi connectivity index (χ1n) is 13.9. The highest BCUT2D eigenvalue weighted by Crippen LogP contribution is 2.25.